The van der Waals surface area contributed by atoms with Gasteiger partial charge in [-0.3, -0.25) is 4.55 Å². The molecule has 12 heavy (non-hydrogen) atoms. The minimum atomic E-state index is -4.33. The lowest BCUT2D eigenvalue weighted by Crippen LogP contribution is -2.03. The van der Waals surface area contributed by atoms with Gasteiger partial charge < -0.3 is 0 Å². The molecule has 1 rings (SSSR count). The normalized spacial score (nSPS) is 11.4. The number of hydrogen-bond acceptors (Lipinski definition) is 3. The van der Waals surface area contributed by atoms with E-state index in [0.717, 1.165) is 0 Å². The average Bonchev–Trinajstić information content (AvgIpc) is 2.02. The predicted molar refractivity (Wildman–Crippen MR) is 41.6 cm³/mol. The zero-order chi connectivity index (χ0) is 9.03. The van der Waals surface area contributed by atoms with Crippen molar-refractivity contribution < 1.29 is 17.2 Å². The van der Waals surface area contributed by atoms with Gasteiger partial charge in [0.1, 0.15) is 0 Å². The highest BCUT2D eigenvalue weighted by Gasteiger charge is 2.03. The lowest BCUT2D eigenvalue weighted by atomic mass is 10.2. The van der Waals surface area contributed by atoms with Gasteiger partial charge in [0.15, 0.2) is 0 Å². The Labute approximate surface area is 70.7 Å². The molecule has 0 aliphatic rings. The molecule has 0 unspecified atom stereocenters. The topological polar surface area (TPSA) is 63.6 Å². The fraction of sp³-hybridized carbons (Fsp3) is 0.143. The van der Waals surface area contributed by atoms with E-state index in [-0.39, 0.29) is 6.61 Å². The highest BCUT2D eigenvalue weighted by molar-refractivity contribution is 7.80. The highest BCUT2D eigenvalue weighted by Crippen LogP contribution is 2.01. The maximum atomic E-state index is 10.1. The van der Waals surface area contributed by atoms with Crippen LogP contribution in [0.25, 0.3) is 0 Å². The van der Waals surface area contributed by atoms with Crippen molar-refractivity contribution >= 4 is 10.4 Å². The SMILES string of the molecule is O=S(=O)(O)OCc1cc[c]cc1. The lowest BCUT2D eigenvalue weighted by molar-refractivity contribution is 0.259. The number of benzene rings is 1. The number of rotatable bonds is 3. The summed E-state index contributed by atoms with van der Waals surface area (Å²) < 4.78 is 32.6. The van der Waals surface area contributed by atoms with Crippen molar-refractivity contribution in [2.24, 2.45) is 0 Å². The van der Waals surface area contributed by atoms with Crippen LogP contribution >= 0.6 is 0 Å². The second-order valence-corrected chi connectivity index (χ2v) is 3.19. The van der Waals surface area contributed by atoms with Crippen LogP contribution in [-0.4, -0.2) is 13.0 Å². The van der Waals surface area contributed by atoms with Crippen molar-refractivity contribution in [1.29, 1.82) is 0 Å². The van der Waals surface area contributed by atoms with E-state index in [1.807, 2.05) is 0 Å². The van der Waals surface area contributed by atoms with E-state index in [1.54, 1.807) is 24.3 Å². The summed E-state index contributed by atoms with van der Waals surface area (Å²) in [7, 11) is -4.33. The third kappa shape index (κ3) is 3.47. The Balaban J connectivity index is 2.56. The Hall–Kier alpha value is -0.910. The third-order valence-corrected chi connectivity index (χ3v) is 1.58. The average molecular weight is 187 g/mol. The van der Waals surface area contributed by atoms with E-state index in [4.69, 9.17) is 4.55 Å². The highest BCUT2D eigenvalue weighted by atomic mass is 32.3. The molecule has 0 saturated carbocycles. The minimum absolute atomic E-state index is 0.159. The Kier molecular flexibility index (Phi) is 2.80. The minimum Gasteiger partial charge on any atom is -0.264 e. The van der Waals surface area contributed by atoms with E-state index >= 15 is 0 Å². The van der Waals surface area contributed by atoms with Crippen molar-refractivity contribution in [3.8, 4) is 0 Å². The van der Waals surface area contributed by atoms with Crippen molar-refractivity contribution in [3.05, 3.63) is 35.9 Å². The van der Waals surface area contributed by atoms with Gasteiger partial charge in [-0.15, -0.1) is 0 Å². The molecular formula is C7H7O4S. The van der Waals surface area contributed by atoms with Crippen LogP contribution in [0.4, 0.5) is 0 Å². The van der Waals surface area contributed by atoms with Crippen LogP contribution in [0.3, 0.4) is 0 Å². The van der Waals surface area contributed by atoms with Crippen molar-refractivity contribution in [2.45, 2.75) is 6.61 Å². The fourth-order valence-electron chi connectivity index (χ4n) is 0.660. The molecule has 1 aromatic rings. The van der Waals surface area contributed by atoms with Crippen molar-refractivity contribution in [2.75, 3.05) is 0 Å². The molecule has 0 amide bonds. The Morgan fingerprint density at radius 1 is 1.42 bits per heavy atom. The first-order chi connectivity index (χ1) is 5.58. The van der Waals surface area contributed by atoms with Crippen molar-refractivity contribution in [3.63, 3.8) is 0 Å². The van der Waals surface area contributed by atoms with Crippen LogP contribution < -0.4 is 0 Å². The van der Waals surface area contributed by atoms with Gasteiger partial charge in [-0.2, -0.15) is 8.42 Å². The molecule has 1 aromatic carbocycles. The van der Waals surface area contributed by atoms with E-state index in [0.29, 0.717) is 5.56 Å². The largest absolute Gasteiger partial charge is 0.397 e. The predicted octanol–water partition coefficient (Wildman–Crippen LogP) is 0.806. The van der Waals surface area contributed by atoms with Crippen LogP contribution in [0.2, 0.25) is 0 Å². The molecule has 0 heterocycles. The summed E-state index contributed by atoms with van der Waals surface area (Å²) in [5.41, 5.74) is 0.659. The van der Waals surface area contributed by atoms with E-state index in [2.05, 4.69) is 10.2 Å². The first kappa shape index (κ1) is 9.18. The van der Waals surface area contributed by atoms with Crippen LogP contribution in [0.15, 0.2) is 24.3 Å². The monoisotopic (exact) mass is 187 g/mol. The van der Waals surface area contributed by atoms with Gasteiger partial charge in [0.2, 0.25) is 0 Å². The Bertz CT molecular complexity index is 330. The summed E-state index contributed by atoms with van der Waals surface area (Å²) in [6.45, 7) is -0.159. The first-order valence-electron chi connectivity index (χ1n) is 3.15. The molecule has 0 saturated heterocycles. The van der Waals surface area contributed by atoms with Crippen LogP contribution in [-0.2, 0) is 21.2 Å². The van der Waals surface area contributed by atoms with Gasteiger partial charge in [0, 0.05) is 0 Å². The Morgan fingerprint density at radius 2 is 2.00 bits per heavy atom. The first-order valence-corrected chi connectivity index (χ1v) is 4.51. The van der Waals surface area contributed by atoms with Crippen LogP contribution in [0.1, 0.15) is 5.56 Å². The molecule has 0 aliphatic heterocycles. The molecule has 5 heteroatoms. The summed E-state index contributed by atoms with van der Waals surface area (Å²) in [5, 5.41) is 0. The summed E-state index contributed by atoms with van der Waals surface area (Å²) in [4.78, 5) is 0. The van der Waals surface area contributed by atoms with Gasteiger partial charge in [-0.05, 0) is 11.6 Å². The Morgan fingerprint density at radius 3 is 2.50 bits per heavy atom. The quantitative estimate of drug-likeness (QED) is 0.711. The molecule has 1 N–H and O–H groups in total. The molecular weight excluding hydrogens is 180 g/mol. The second kappa shape index (κ2) is 3.66. The third-order valence-electron chi connectivity index (χ3n) is 1.16. The second-order valence-electron chi connectivity index (χ2n) is 2.10. The zero-order valence-corrected chi connectivity index (χ0v) is 6.91. The van der Waals surface area contributed by atoms with Gasteiger partial charge in [-0.25, -0.2) is 4.18 Å². The molecule has 1 radical (unpaired) electrons. The lowest BCUT2D eigenvalue weighted by Gasteiger charge is -1.98. The molecule has 0 bridgehead atoms. The van der Waals surface area contributed by atoms with Crippen LogP contribution in [0, 0.1) is 6.07 Å². The summed E-state index contributed by atoms with van der Waals surface area (Å²) in [6.07, 6.45) is 0. The summed E-state index contributed by atoms with van der Waals surface area (Å²) >= 11 is 0. The molecule has 0 aliphatic carbocycles. The maximum absolute atomic E-state index is 10.1. The molecule has 0 fully saturated rings. The molecule has 4 nitrogen and oxygen atoms in total. The maximum Gasteiger partial charge on any atom is 0.397 e. The van der Waals surface area contributed by atoms with Gasteiger partial charge in [0.25, 0.3) is 0 Å². The van der Waals surface area contributed by atoms with Gasteiger partial charge >= 0.3 is 10.4 Å². The van der Waals surface area contributed by atoms with E-state index < -0.39 is 10.4 Å². The molecule has 0 spiro atoms. The van der Waals surface area contributed by atoms with Gasteiger partial charge in [-0.1, -0.05) is 24.3 Å². The smallest absolute Gasteiger partial charge is 0.264 e. The fourth-order valence-corrected chi connectivity index (χ4v) is 0.945. The molecule has 65 valence electrons. The molecule has 0 atom stereocenters. The van der Waals surface area contributed by atoms with Crippen molar-refractivity contribution in [1.82, 2.24) is 0 Å². The standard InChI is InChI=1S/C7H7O4S/c8-12(9,10)11-6-7-4-2-1-3-5-7/h2-5H,6H2,(H,8,9,10). The zero-order valence-electron chi connectivity index (χ0n) is 6.10. The van der Waals surface area contributed by atoms with Crippen LogP contribution in [0.5, 0.6) is 0 Å². The number of hydrogen-bond donors (Lipinski definition) is 1. The van der Waals surface area contributed by atoms with E-state index in [9.17, 15) is 8.42 Å². The summed E-state index contributed by atoms with van der Waals surface area (Å²) in [5.74, 6) is 0. The van der Waals surface area contributed by atoms with E-state index in [1.165, 1.54) is 0 Å². The van der Waals surface area contributed by atoms with Gasteiger partial charge in [0.05, 0.1) is 6.61 Å². The summed E-state index contributed by atoms with van der Waals surface area (Å²) in [6, 6.07) is 9.31. The molecule has 0 aromatic heterocycles.